The third-order valence-electron chi connectivity index (χ3n) is 3.38. The lowest BCUT2D eigenvalue weighted by molar-refractivity contribution is 0.579. The van der Waals surface area contributed by atoms with E-state index in [9.17, 15) is 8.42 Å². The SMILES string of the molecule is O=S(=O)(NCCCc1nc2ccccc2s1)c1cc(Cl)ccc1Cl. The molecule has 0 atom stereocenters. The smallest absolute Gasteiger partial charge is 0.241 e. The van der Waals surface area contributed by atoms with Crippen molar-refractivity contribution in [1.82, 2.24) is 9.71 Å². The number of hydrogen-bond donors (Lipinski definition) is 1. The Labute approximate surface area is 154 Å². The number of sulfonamides is 1. The highest BCUT2D eigenvalue weighted by atomic mass is 35.5. The molecule has 3 aromatic rings. The standard InChI is InChI=1S/C16H14Cl2N2O2S2/c17-11-7-8-12(18)15(10-11)24(21,22)19-9-3-6-16-20-13-4-1-2-5-14(13)23-16/h1-2,4-5,7-8,10,19H,3,6,9H2. The van der Waals surface area contributed by atoms with Crippen LogP contribution in [-0.4, -0.2) is 19.9 Å². The number of thiazole rings is 1. The van der Waals surface area contributed by atoms with Gasteiger partial charge in [-0.2, -0.15) is 0 Å². The highest BCUT2D eigenvalue weighted by Gasteiger charge is 2.17. The fourth-order valence-corrected chi connectivity index (χ4v) is 5.08. The van der Waals surface area contributed by atoms with E-state index in [4.69, 9.17) is 23.2 Å². The summed E-state index contributed by atoms with van der Waals surface area (Å²) in [7, 11) is -3.68. The lowest BCUT2D eigenvalue weighted by Gasteiger charge is -2.08. The minimum absolute atomic E-state index is 0.00310. The minimum atomic E-state index is -3.68. The van der Waals surface area contributed by atoms with Crippen molar-refractivity contribution in [3.05, 3.63) is 57.5 Å². The van der Waals surface area contributed by atoms with Gasteiger partial charge in [0.15, 0.2) is 0 Å². The maximum atomic E-state index is 12.3. The van der Waals surface area contributed by atoms with E-state index < -0.39 is 10.0 Å². The lowest BCUT2D eigenvalue weighted by atomic mass is 10.3. The van der Waals surface area contributed by atoms with Crippen molar-refractivity contribution in [2.75, 3.05) is 6.54 Å². The van der Waals surface area contributed by atoms with Crippen LogP contribution in [0.1, 0.15) is 11.4 Å². The van der Waals surface area contributed by atoms with Crippen LogP contribution in [0.15, 0.2) is 47.4 Å². The van der Waals surface area contributed by atoms with E-state index in [1.807, 2.05) is 24.3 Å². The van der Waals surface area contributed by atoms with Gasteiger partial charge in [0.25, 0.3) is 0 Å². The quantitative estimate of drug-likeness (QED) is 0.618. The predicted molar refractivity (Wildman–Crippen MR) is 99.6 cm³/mol. The average Bonchev–Trinajstić information content (AvgIpc) is 2.96. The van der Waals surface area contributed by atoms with Crippen LogP contribution >= 0.6 is 34.5 Å². The molecule has 0 amide bonds. The highest BCUT2D eigenvalue weighted by molar-refractivity contribution is 7.89. The Kier molecular flexibility index (Phi) is 5.42. The maximum absolute atomic E-state index is 12.3. The van der Waals surface area contributed by atoms with Gasteiger partial charge in [0.1, 0.15) is 4.90 Å². The summed E-state index contributed by atoms with van der Waals surface area (Å²) in [4.78, 5) is 4.53. The second-order valence-corrected chi connectivity index (χ2v) is 8.85. The first-order valence-corrected chi connectivity index (χ1v) is 10.3. The first-order valence-electron chi connectivity index (χ1n) is 7.25. The van der Waals surface area contributed by atoms with Crippen LogP contribution in [0.5, 0.6) is 0 Å². The number of nitrogens with zero attached hydrogens (tertiary/aromatic N) is 1. The van der Waals surface area contributed by atoms with Crippen LogP contribution in [0.4, 0.5) is 0 Å². The largest absolute Gasteiger partial charge is 0.242 e. The van der Waals surface area contributed by atoms with Crippen LogP contribution < -0.4 is 4.72 Å². The Morgan fingerprint density at radius 1 is 1.12 bits per heavy atom. The number of benzene rings is 2. The van der Waals surface area contributed by atoms with Gasteiger partial charge in [0.2, 0.25) is 10.0 Å². The number of rotatable bonds is 6. The van der Waals surface area contributed by atoms with Crippen molar-refractivity contribution < 1.29 is 8.42 Å². The Morgan fingerprint density at radius 3 is 2.71 bits per heavy atom. The highest BCUT2D eigenvalue weighted by Crippen LogP contribution is 2.25. The molecule has 1 heterocycles. The van der Waals surface area contributed by atoms with E-state index in [1.165, 1.54) is 12.1 Å². The summed E-state index contributed by atoms with van der Waals surface area (Å²) in [6.07, 6.45) is 1.36. The molecule has 0 aliphatic heterocycles. The molecular formula is C16H14Cl2N2O2S2. The summed E-state index contributed by atoms with van der Waals surface area (Å²) in [5.74, 6) is 0. The molecule has 0 unspecified atom stereocenters. The number of hydrogen-bond acceptors (Lipinski definition) is 4. The van der Waals surface area contributed by atoms with Crippen LogP contribution in [0.25, 0.3) is 10.2 Å². The summed E-state index contributed by atoms with van der Waals surface area (Å²) in [6.45, 7) is 0.307. The Morgan fingerprint density at radius 2 is 1.92 bits per heavy atom. The molecule has 0 fully saturated rings. The van der Waals surface area contributed by atoms with Gasteiger partial charge in [-0.3, -0.25) is 0 Å². The molecule has 2 aromatic carbocycles. The monoisotopic (exact) mass is 400 g/mol. The van der Waals surface area contributed by atoms with Gasteiger partial charge < -0.3 is 0 Å². The third-order valence-corrected chi connectivity index (χ3v) is 6.65. The van der Waals surface area contributed by atoms with E-state index in [0.29, 0.717) is 24.4 Å². The number of aromatic nitrogens is 1. The van der Waals surface area contributed by atoms with Crippen molar-refractivity contribution in [1.29, 1.82) is 0 Å². The second kappa shape index (κ2) is 7.37. The van der Waals surface area contributed by atoms with Gasteiger partial charge in [-0.05, 0) is 36.8 Å². The number of nitrogens with one attached hydrogen (secondary N) is 1. The second-order valence-electron chi connectivity index (χ2n) is 5.15. The number of halogens is 2. The van der Waals surface area contributed by atoms with Gasteiger partial charge in [-0.1, -0.05) is 35.3 Å². The van der Waals surface area contributed by atoms with Crippen LogP contribution in [0.2, 0.25) is 10.0 Å². The van der Waals surface area contributed by atoms with E-state index in [2.05, 4.69) is 9.71 Å². The fraction of sp³-hybridized carbons (Fsp3) is 0.188. The van der Waals surface area contributed by atoms with E-state index in [-0.39, 0.29) is 9.92 Å². The molecule has 1 aromatic heterocycles. The van der Waals surface area contributed by atoms with Crippen molar-refractivity contribution in [2.24, 2.45) is 0 Å². The zero-order valence-electron chi connectivity index (χ0n) is 12.5. The topological polar surface area (TPSA) is 59.1 Å². The molecule has 0 saturated carbocycles. The van der Waals surface area contributed by atoms with E-state index >= 15 is 0 Å². The molecule has 0 aliphatic carbocycles. The van der Waals surface area contributed by atoms with Crippen molar-refractivity contribution in [3.8, 4) is 0 Å². The van der Waals surface area contributed by atoms with Gasteiger partial charge in [0, 0.05) is 18.0 Å². The molecule has 0 spiro atoms. The first-order chi connectivity index (χ1) is 11.5. The molecule has 1 N–H and O–H groups in total. The predicted octanol–water partition coefficient (Wildman–Crippen LogP) is 4.51. The Hall–Kier alpha value is -1.18. The molecule has 3 rings (SSSR count). The lowest BCUT2D eigenvalue weighted by Crippen LogP contribution is -2.25. The van der Waals surface area contributed by atoms with Gasteiger partial charge >= 0.3 is 0 Å². The van der Waals surface area contributed by atoms with Gasteiger partial charge in [-0.15, -0.1) is 11.3 Å². The van der Waals surface area contributed by atoms with Gasteiger partial charge in [-0.25, -0.2) is 18.1 Å². The summed E-state index contributed by atoms with van der Waals surface area (Å²) in [5, 5.41) is 1.48. The van der Waals surface area contributed by atoms with Gasteiger partial charge in [0.05, 0.1) is 20.2 Å². The van der Waals surface area contributed by atoms with Crippen LogP contribution in [0.3, 0.4) is 0 Å². The third kappa shape index (κ3) is 4.07. The average molecular weight is 401 g/mol. The zero-order chi connectivity index (χ0) is 17.2. The van der Waals surface area contributed by atoms with Crippen molar-refractivity contribution in [2.45, 2.75) is 17.7 Å². The molecule has 0 aliphatic rings. The normalized spacial score (nSPS) is 11.9. The molecule has 0 radical (unpaired) electrons. The summed E-state index contributed by atoms with van der Waals surface area (Å²) in [5.41, 5.74) is 0.976. The summed E-state index contributed by atoms with van der Waals surface area (Å²) in [6, 6.07) is 12.3. The first kappa shape index (κ1) is 17.6. The molecule has 24 heavy (non-hydrogen) atoms. The number of aryl methyl sites for hydroxylation is 1. The number of fused-ring (bicyclic) bond motifs is 1. The maximum Gasteiger partial charge on any atom is 0.242 e. The Bertz CT molecular complexity index is 938. The molecule has 126 valence electrons. The molecule has 0 bridgehead atoms. The van der Waals surface area contributed by atoms with Crippen LogP contribution in [0, 0.1) is 0 Å². The summed E-state index contributed by atoms with van der Waals surface area (Å²) >= 11 is 13.4. The molecule has 4 nitrogen and oxygen atoms in total. The molecule has 0 saturated heterocycles. The van der Waals surface area contributed by atoms with E-state index in [0.717, 1.165) is 15.2 Å². The number of para-hydroxylation sites is 1. The van der Waals surface area contributed by atoms with E-state index in [1.54, 1.807) is 17.4 Å². The summed E-state index contributed by atoms with van der Waals surface area (Å²) < 4.78 is 28.3. The fourth-order valence-electron chi connectivity index (χ4n) is 2.23. The van der Waals surface area contributed by atoms with Crippen molar-refractivity contribution >= 4 is 54.8 Å². The van der Waals surface area contributed by atoms with Crippen LogP contribution in [-0.2, 0) is 16.4 Å². The molecular weight excluding hydrogens is 387 g/mol. The minimum Gasteiger partial charge on any atom is -0.241 e. The Balaban J connectivity index is 1.60. The zero-order valence-corrected chi connectivity index (χ0v) is 15.6. The molecule has 8 heteroatoms. The van der Waals surface area contributed by atoms with Crippen molar-refractivity contribution in [3.63, 3.8) is 0 Å².